The Hall–Kier alpha value is -3.22. The first kappa shape index (κ1) is 18.1. The van der Waals surface area contributed by atoms with E-state index in [-0.39, 0.29) is 23.9 Å². The average Bonchev–Trinajstić information content (AvgIpc) is 2.61. The van der Waals surface area contributed by atoms with Crippen molar-refractivity contribution in [2.75, 3.05) is 11.9 Å². The molecule has 0 atom stereocenters. The second-order valence-electron chi connectivity index (χ2n) is 5.53. The van der Waals surface area contributed by atoms with E-state index in [0.29, 0.717) is 24.2 Å². The van der Waals surface area contributed by atoms with Gasteiger partial charge >= 0.3 is 0 Å². The smallest absolute Gasteiger partial charge is 0.271 e. The van der Waals surface area contributed by atoms with Crippen LogP contribution in [0.3, 0.4) is 0 Å². The zero-order valence-corrected chi connectivity index (χ0v) is 13.8. The molecule has 0 heterocycles. The number of carbonyl (C=O) groups excluding carboxylic acids is 2. The summed E-state index contributed by atoms with van der Waals surface area (Å²) in [5, 5.41) is 16.2. The quantitative estimate of drug-likeness (QED) is 0.459. The highest BCUT2D eigenvalue weighted by Crippen LogP contribution is 2.22. The summed E-state index contributed by atoms with van der Waals surface area (Å²) in [4.78, 5) is 34.1. The van der Waals surface area contributed by atoms with Crippen molar-refractivity contribution >= 4 is 23.2 Å². The molecule has 2 rings (SSSR count). The number of anilines is 1. The molecule has 7 heteroatoms. The topological polar surface area (TPSA) is 101 Å². The van der Waals surface area contributed by atoms with Crippen molar-refractivity contribution in [3.05, 3.63) is 69.8 Å². The van der Waals surface area contributed by atoms with Gasteiger partial charge in [-0.1, -0.05) is 24.3 Å². The fourth-order valence-corrected chi connectivity index (χ4v) is 2.21. The summed E-state index contributed by atoms with van der Waals surface area (Å²) in [6.07, 6.45) is 0.676. The van der Waals surface area contributed by atoms with E-state index >= 15 is 0 Å². The Kier molecular flexibility index (Phi) is 6.22. The Morgan fingerprint density at radius 3 is 2.52 bits per heavy atom. The lowest BCUT2D eigenvalue weighted by atomic mass is 10.1. The van der Waals surface area contributed by atoms with Gasteiger partial charge in [0.05, 0.1) is 10.6 Å². The molecule has 0 aliphatic rings. The molecule has 25 heavy (non-hydrogen) atoms. The van der Waals surface area contributed by atoms with Gasteiger partial charge in [-0.2, -0.15) is 0 Å². The first-order valence-corrected chi connectivity index (χ1v) is 7.85. The van der Waals surface area contributed by atoms with Gasteiger partial charge in [0.1, 0.15) is 0 Å². The van der Waals surface area contributed by atoms with Crippen molar-refractivity contribution in [3.8, 4) is 0 Å². The highest BCUT2D eigenvalue weighted by molar-refractivity contribution is 5.94. The molecule has 0 unspecified atom stereocenters. The number of hydrogen-bond acceptors (Lipinski definition) is 4. The van der Waals surface area contributed by atoms with Crippen LogP contribution in [0, 0.1) is 17.0 Å². The molecule has 0 aromatic heterocycles. The van der Waals surface area contributed by atoms with Crippen molar-refractivity contribution in [1.82, 2.24) is 5.32 Å². The monoisotopic (exact) mass is 341 g/mol. The van der Waals surface area contributed by atoms with E-state index in [1.165, 1.54) is 12.1 Å². The van der Waals surface area contributed by atoms with E-state index in [9.17, 15) is 19.7 Å². The number of nitrogens with zero attached hydrogens (tertiary/aromatic N) is 1. The Morgan fingerprint density at radius 1 is 1.12 bits per heavy atom. The number of nitro groups is 1. The van der Waals surface area contributed by atoms with E-state index in [4.69, 9.17) is 0 Å². The molecule has 2 amide bonds. The van der Waals surface area contributed by atoms with Crippen molar-refractivity contribution in [1.29, 1.82) is 0 Å². The van der Waals surface area contributed by atoms with E-state index < -0.39 is 4.92 Å². The van der Waals surface area contributed by atoms with Crippen LogP contribution in [-0.4, -0.2) is 23.3 Å². The van der Waals surface area contributed by atoms with E-state index in [1.54, 1.807) is 37.3 Å². The summed E-state index contributed by atoms with van der Waals surface area (Å²) in [5.74, 6) is -0.437. The Morgan fingerprint density at radius 2 is 1.84 bits per heavy atom. The number of hydrogen-bond donors (Lipinski definition) is 2. The van der Waals surface area contributed by atoms with Crippen LogP contribution >= 0.6 is 0 Å². The normalized spacial score (nSPS) is 10.1. The number of aryl methyl sites for hydroxylation is 1. The molecule has 0 aliphatic carbocycles. The summed E-state index contributed by atoms with van der Waals surface area (Å²) in [6.45, 7) is 2.13. The zero-order chi connectivity index (χ0) is 18.2. The van der Waals surface area contributed by atoms with Gasteiger partial charge in [0.2, 0.25) is 5.91 Å². The number of rotatable bonds is 7. The summed E-state index contributed by atoms with van der Waals surface area (Å²) in [6, 6.07) is 13.1. The molecule has 0 bridgehead atoms. The molecule has 130 valence electrons. The summed E-state index contributed by atoms with van der Waals surface area (Å²) in [7, 11) is 0. The maximum Gasteiger partial charge on any atom is 0.271 e. The largest absolute Gasteiger partial charge is 0.352 e. The fourth-order valence-electron chi connectivity index (χ4n) is 2.21. The van der Waals surface area contributed by atoms with Crippen LogP contribution in [0.4, 0.5) is 11.4 Å². The van der Waals surface area contributed by atoms with Crippen LogP contribution in [0.5, 0.6) is 0 Å². The van der Waals surface area contributed by atoms with Crippen molar-refractivity contribution in [2.45, 2.75) is 19.8 Å². The number of non-ortho nitro benzene ring substituents is 1. The van der Waals surface area contributed by atoms with Crippen molar-refractivity contribution < 1.29 is 14.5 Å². The Bertz CT molecular complexity index is 775. The molecular formula is C18H19N3O4. The molecule has 0 saturated heterocycles. The van der Waals surface area contributed by atoms with Crippen molar-refractivity contribution in [3.63, 3.8) is 0 Å². The summed E-state index contributed by atoms with van der Waals surface area (Å²) in [5.41, 5.74) is 1.67. The van der Waals surface area contributed by atoms with Crippen molar-refractivity contribution in [2.24, 2.45) is 0 Å². The standard InChI is InChI=1S/C18H19N3O4/c1-13-9-10-15(21(24)25)12-16(13)20-17(22)8-5-11-19-18(23)14-6-3-2-4-7-14/h2-4,6-7,9-10,12H,5,8,11H2,1H3,(H,19,23)(H,20,22). The van der Waals surface area contributed by atoms with E-state index in [0.717, 1.165) is 5.56 Å². The maximum atomic E-state index is 12.0. The predicted octanol–water partition coefficient (Wildman–Crippen LogP) is 3.05. The third-order valence-electron chi connectivity index (χ3n) is 3.61. The molecule has 2 aromatic carbocycles. The lowest BCUT2D eigenvalue weighted by molar-refractivity contribution is -0.384. The third kappa shape index (κ3) is 5.42. The van der Waals surface area contributed by atoms with Crippen LogP contribution in [0.1, 0.15) is 28.8 Å². The SMILES string of the molecule is Cc1ccc([N+](=O)[O-])cc1NC(=O)CCCNC(=O)c1ccccc1. The minimum absolute atomic E-state index is 0.0731. The maximum absolute atomic E-state index is 12.0. The molecule has 0 saturated carbocycles. The van der Waals surface area contributed by atoms with Crippen LogP contribution < -0.4 is 10.6 Å². The molecular weight excluding hydrogens is 322 g/mol. The van der Waals surface area contributed by atoms with Gasteiger partial charge in [-0.3, -0.25) is 19.7 Å². The summed E-state index contributed by atoms with van der Waals surface area (Å²) < 4.78 is 0. The number of nitrogens with one attached hydrogen (secondary N) is 2. The first-order valence-electron chi connectivity index (χ1n) is 7.85. The predicted molar refractivity (Wildman–Crippen MR) is 94.5 cm³/mol. The van der Waals surface area contributed by atoms with E-state index in [2.05, 4.69) is 10.6 Å². The van der Waals surface area contributed by atoms with Crippen LogP contribution in [0.2, 0.25) is 0 Å². The molecule has 0 fully saturated rings. The first-order chi connectivity index (χ1) is 12.0. The van der Waals surface area contributed by atoms with Gasteiger partial charge in [-0.25, -0.2) is 0 Å². The average molecular weight is 341 g/mol. The highest BCUT2D eigenvalue weighted by Gasteiger charge is 2.11. The minimum Gasteiger partial charge on any atom is -0.352 e. The second kappa shape index (κ2) is 8.58. The lowest BCUT2D eigenvalue weighted by Crippen LogP contribution is -2.25. The lowest BCUT2D eigenvalue weighted by Gasteiger charge is -2.09. The molecule has 0 spiro atoms. The molecule has 7 nitrogen and oxygen atoms in total. The van der Waals surface area contributed by atoms with Crippen LogP contribution in [0.15, 0.2) is 48.5 Å². The minimum atomic E-state index is -0.506. The van der Waals surface area contributed by atoms with Gasteiger partial charge in [-0.05, 0) is 31.0 Å². The molecule has 2 N–H and O–H groups in total. The van der Waals surface area contributed by atoms with Gasteiger partial charge in [0.25, 0.3) is 11.6 Å². The summed E-state index contributed by atoms with van der Waals surface area (Å²) >= 11 is 0. The molecule has 2 aromatic rings. The van der Waals surface area contributed by atoms with E-state index in [1.807, 2.05) is 6.07 Å². The number of benzene rings is 2. The number of amides is 2. The fraction of sp³-hybridized carbons (Fsp3) is 0.222. The van der Waals surface area contributed by atoms with Gasteiger partial charge in [0, 0.05) is 30.7 Å². The molecule has 0 radical (unpaired) electrons. The van der Waals surface area contributed by atoms with Crippen LogP contribution in [0.25, 0.3) is 0 Å². The Labute approximate surface area is 145 Å². The zero-order valence-electron chi connectivity index (χ0n) is 13.8. The highest BCUT2D eigenvalue weighted by atomic mass is 16.6. The van der Waals surface area contributed by atoms with Gasteiger partial charge in [-0.15, -0.1) is 0 Å². The van der Waals surface area contributed by atoms with Gasteiger partial charge in [0.15, 0.2) is 0 Å². The second-order valence-corrected chi connectivity index (χ2v) is 5.53. The molecule has 0 aliphatic heterocycles. The Balaban J connectivity index is 1.79. The van der Waals surface area contributed by atoms with Crippen LogP contribution in [-0.2, 0) is 4.79 Å². The number of nitro benzene ring substituents is 1. The third-order valence-corrected chi connectivity index (χ3v) is 3.61. The van der Waals surface area contributed by atoms with Gasteiger partial charge < -0.3 is 10.6 Å². The number of carbonyl (C=O) groups is 2.